The summed E-state index contributed by atoms with van der Waals surface area (Å²) in [4.78, 5) is 15.6. The Morgan fingerprint density at radius 2 is 1.68 bits per heavy atom. The molecule has 1 atom stereocenters. The summed E-state index contributed by atoms with van der Waals surface area (Å²) in [5.74, 6) is 1.27. The highest BCUT2D eigenvalue weighted by Gasteiger charge is 2.33. The molecule has 0 spiro atoms. The molecule has 2 amide bonds. The quantitative estimate of drug-likeness (QED) is 0.416. The molecule has 5 rings (SSSR count). The van der Waals surface area contributed by atoms with E-state index in [1.165, 1.54) is 0 Å². The molecule has 0 bridgehead atoms. The minimum absolute atomic E-state index is 0.173. The first-order chi connectivity index (χ1) is 16.6. The zero-order valence-corrected chi connectivity index (χ0v) is 19.5. The summed E-state index contributed by atoms with van der Waals surface area (Å²) < 4.78 is 13.2. The summed E-state index contributed by atoms with van der Waals surface area (Å²) >= 11 is 0. The van der Waals surface area contributed by atoms with Crippen LogP contribution < -0.4 is 14.8 Å². The van der Waals surface area contributed by atoms with E-state index in [4.69, 9.17) is 9.47 Å². The van der Waals surface area contributed by atoms with Gasteiger partial charge in [0.2, 0.25) is 0 Å². The maximum atomic E-state index is 13.8. The smallest absolute Gasteiger partial charge is 0.322 e. The van der Waals surface area contributed by atoms with Crippen LogP contribution in [0.2, 0.25) is 0 Å². The van der Waals surface area contributed by atoms with Crippen LogP contribution in [0.1, 0.15) is 28.4 Å². The first-order valence-electron chi connectivity index (χ1n) is 11.2. The number of hydrogen-bond acceptors (Lipinski definition) is 3. The van der Waals surface area contributed by atoms with Gasteiger partial charge in [-0.25, -0.2) is 4.79 Å². The molecule has 0 saturated carbocycles. The van der Waals surface area contributed by atoms with E-state index in [1.807, 2.05) is 78.7 Å². The lowest BCUT2D eigenvalue weighted by Crippen LogP contribution is -2.37. The number of amides is 2. The lowest BCUT2D eigenvalue weighted by molar-refractivity contribution is 0.194. The van der Waals surface area contributed by atoms with Crippen molar-refractivity contribution in [3.8, 4) is 17.2 Å². The third-order valence-electron chi connectivity index (χ3n) is 6.25. The largest absolute Gasteiger partial charge is 0.493 e. The summed E-state index contributed by atoms with van der Waals surface area (Å²) in [7, 11) is 3.24. The molecule has 4 aromatic rings. The first-order valence-corrected chi connectivity index (χ1v) is 11.2. The summed E-state index contributed by atoms with van der Waals surface area (Å²) in [6.07, 6.45) is 2.04. The molecule has 6 nitrogen and oxygen atoms in total. The van der Waals surface area contributed by atoms with Gasteiger partial charge in [0.15, 0.2) is 11.5 Å². The molecule has 0 radical (unpaired) electrons. The predicted octanol–water partition coefficient (Wildman–Crippen LogP) is 5.94. The van der Waals surface area contributed by atoms with Gasteiger partial charge in [-0.15, -0.1) is 0 Å². The second kappa shape index (κ2) is 8.98. The lowest BCUT2D eigenvalue weighted by Gasteiger charge is -2.31. The molecule has 1 aromatic heterocycles. The molecule has 0 aliphatic carbocycles. The Labute approximate surface area is 199 Å². The molecule has 0 saturated heterocycles. The van der Waals surface area contributed by atoms with Crippen LogP contribution in [-0.2, 0) is 6.54 Å². The fraction of sp³-hybridized carbons (Fsp3) is 0.179. The molecule has 6 heteroatoms. The Kier molecular flexibility index (Phi) is 5.72. The maximum absolute atomic E-state index is 13.8. The van der Waals surface area contributed by atoms with Crippen LogP contribution in [0.15, 0.2) is 85.1 Å². The number of nitrogens with zero attached hydrogens (tertiary/aromatic N) is 2. The standard InChI is InChI=1S/C28H27N3O3/c1-19-10-13-22(14-11-19)29-28(32)31-18-21-7-4-5-8-23(21)30-16-6-9-24(30)27(31)20-12-15-25(33-2)26(17-20)34-3/h4-17,27H,18H2,1-3H3,(H,29,32). The van der Waals surface area contributed by atoms with E-state index in [2.05, 4.69) is 28.1 Å². The molecule has 1 unspecified atom stereocenters. The van der Waals surface area contributed by atoms with Crippen molar-refractivity contribution in [3.05, 3.63) is 107 Å². The van der Waals surface area contributed by atoms with Gasteiger partial charge in [-0.3, -0.25) is 0 Å². The van der Waals surface area contributed by atoms with Gasteiger partial charge in [-0.2, -0.15) is 0 Å². The monoisotopic (exact) mass is 453 g/mol. The number of nitrogens with one attached hydrogen (secondary N) is 1. The Morgan fingerprint density at radius 1 is 0.912 bits per heavy atom. The van der Waals surface area contributed by atoms with Crippen molar-refractivity contribution < 1.29 is 14.3 Å². The van der Waals surface area contributed by atoms with Crippen molar-refractivity contribution in [2.24, 2.45) is 0 Å². The number of aryl methyl sites for hydroxylation is 1. The van der Waals surface area contributed by atoms with E-state index >= 15 is 0 Å². The number of carbonyl (C=O) groups excluding carboxylic acids is 1. The zero-order valence-electron chi connectivity index (χ0n) is 19.5. The molecule has 1 aliphatic rings. The molecule has 0 fully saturated rings. The topological polar surface area (TPSA) is 55.7 Å². The lowest BCUT2D eigenvalue weighted by atomic mass is 10.0. The first kappa shape index (κ1) is 21.6. The van der Waals surface area contributed by atoms with Crippen LogP contribution in [0.25, 0.3) is 5.69 Å². The number of fused-ring (bicyclic) bond motifs is 3. The Bertz CT molecular complexity index is 1330. The zero-order chi connectivity index (χ0) is 23.7. The molecule has 1 aliphatic heterocycles. The molecular formula is C28H27N3O3. The summed E-state index contributed by atoms with van der Waals surface area (Å²) in [6, 6.07) is 25.4. The Hall–Kier alpha value is -4.19. The van der Waals surface area contributed by atoms with Crippen molar-refractivity contribution in [3.63, 3.8) is 0 Å². The number of carbonyl (C=O) groups is 1. The van der Waals surface area contributed by atoms with E-state index in [1.54, 1.807) is 14.2 Å². The third-order valence-corrected chi connectivity index (χ3v) is 6.25. The normalized spacial score (nSPS) is 14.6. The van der Waals surface area contributed by atoms with Crippen molar-refractivity contribution in [2.75, 3.05) is 19.5 Å². The van der Waals surface area contributed by atoms with Crippen molar-refractivity contribution in [2.45, 2.75) is 19.5 Å². The molecule has 172 valence electrons. The molecule has 34 heavy (non-hydrogen) atoms. The van der Waals surface area contributed by atoms with Gasteiger partial charge < -0.3 is 24.3 Å². The number of aromatic nitrogens is 1. The second-order valence-corrected chi connectivity index (χ2v) is 8.37. The van der Waals surface area contributed by atoms with Crippen LogP contribution >= 0.6 is 0 Å². The van der Waals surface area contributed by atoms with E-state index in [-0.39, 0.29) is 12.1 Å². The number of benzene rings is 3. The van der Waals surface area contributed by atoms with Crippen molar-refractivity contribution in [1.82, 2.24) is 9.47 Å². The fourth-order valence-corrected chi connectivity index (χ4v) is 4.55. The van der Waals surface area contributed by atoms with Gasteiger partial charge in [-0.1, -0.05) is 42.0 Å². The third kappa shape index (κ3) is 3.88. The number of urea groups is 1. The SMILES string of the molecule is COc1ccc(C2c3cccn3-c3ccccc3CN2C(=O)Nc2ccc(C)cc2)cc1OC. The van der Waals surface area contributed by atoms with Gasteiger partial charge in [0, 0.05) is 17.6 Å². The average molecular weight is 454 g/mol. The summed E-state index contributed by atoms with van der Waals surface area (Å²) in [5.41, 5.74) is 5.97. The van der Waals surface area contributed by atoms with E-state index in [0.29, 0.717) is 18.0 Å². The predicted molar refractivity (Wildman–Crippen MR) is 133 cm³/mol. The van der Waals surface area contributed by atoms with Gasteiger partial charge in [0.1, 0.15) is 0 Å². The minimum atomic E-state index is -0.340. The highest BCUT2D eigenvalue weighted by Crippen LogP contribution is 2.39. The molecule has 3 aromatic carbocycles. The van der Waals surface area contributed by atoms with Crippen LogP contribution in [0.5, 0.6) is 11.5 Å². The number of anilines is 1. The van der Waals surface area contributed by atoms with Crippen LogP contribution in [0.4, 0.5) is 10.5 Å². The minimum Gasteiger partial charge on any atom is -0.493 e. The number of para-hydroxylation sites is 1. The summed E-state index contributed by atoms with van der Waals surface area (Å²) in [6.45, 7) is 2.48. The van der Waals surface area contributed by atoms with Crippen LogP contribution in [0.3, 0.4) is 0 Å². The summed E-state index contributed by atoms with van der Waals surface area (Å²) in [5, 5.41) is 3.09. The van der Waals surface area contributed by atoms with E-state index < -0.39 is 0 Å². The highest BCUT2D eigenvalue weighted by atomic mass is 16.5. The highest BCUT2D eigenvalue weighted by molar-refractivity contribution is 5.90. The molecular weight excluding hydrogens is 426 g/mol. The molecule has 1 N–H and O–H groups in total. The van der Waals surface area contributed by atoms with Gasteiger partial charge in [0.05, 0.1) is 32.5 Å². The number of ether oxygens (including phenoxy) is 2. The van der Waals surface area contributed by atoms with Crippen LogP contribution in [-0.4, -0.2) is 29.7 Å². The van der Waals surface area contributed by atoms with Crippen molar-refractivity contribution >= 4 is 11.7 Å². The van der Waals surface area contributed by atoms with E-state index in [0.717, 1.165) is 33.8 Å². The average Bonchev–Trinajstić information content (AvgIpc) is 3.29. The maximum Gasteiger partial charge on any atom is 0.322 e. The number of methoxy groups -OCH3 is 2. The second-order valence-electron chi connectivity index (χ2n) is 8.37. The van der Waals surface area contributed by atoms with Gasteiger partial charge >= 0.3 is 6.03 Å². The van der Waals surface area contributed by atoms with Crippen molar-refractivity contribution in [1.29, 1.82) is 0 Å². The number of hydrogen-bond donors (Lipinski definition) is 1. The molecule has 2 heterocycles. The van der Waals surface area contributed by atoms with Crippen LogP contribution in [0, 0.1) is 6.92 Å². The van der Waals surface area contributed by atoms with E-state index in [9.17, 15) is 4.79 Å². The fourth-order valence-electron chi connectivity index (χ4n) is 4.55. The Balaban J connectivity index is 1.64. The van der Waals surface area contributed by atoms with Gasteiger partial charge in [0.25, 0.3) is 0 Å². The van der Waals surface area contributed by atoms with Gasteiger partial charge in [-0.05, 0) is 60.5 Å². The Morgan fingerprint density at radius 3 is 2.44 bits per heavy atom. The number of rotatable bonds is 4.